The molecule has 1 N–H and O–H groups in total. The van der Waals surface area contributed by atoms with Crippen LogP contribution in [0.25, 0.3) is 0 Å². The molecule has 2 atom stereocenters. The van der Waals surface area contributed by atoms with Gasteiger partial charge < -0.3 is 19.5 Å². The molecule has 6 heteroatoms. The summed E-state index contributed by atoms with van der Waals surface area (Å²) in [4.78, 5) is 26.0. The number of hydrogen-bond acceptors (Lipinski definition) is 5. The predicted molar refractivity (Wildman–Crippen MR) is 117 cm³/mol. The lowest BCUT2D eigenvalue weighted by Crippen LogP contribution is -2.38. The van der Waals surface area contributed by atoms with Gasteiger partial charge in [0.2, 0.25) is 5.91 Å². The van der Waals surface area contributed by atoms with E-state index in [0.29, 0.717) is 42.2 Å². The van der Waals surface area contributed by atoms with Crippen molar-refractivity contribution in [2.24, 2.45) is 0 Å². The highest BCUT2D eigenvalue weighted by atomic mass is 16.5. The SMILES string of the molecule is CCOc1ccccc1[C@H]1CC(=O)NC2=C1C(=O)C[C@@H](c1cc(OC)ccc1OC)C2. The lowest BCUT2D eigenvalue weighted by molar-refractivity contribution is -0.122. The van der Waals surface area contributed by atoms with Gasteiger partial charge in [0, 0.05) is 47.1 Å². The summed E-state index contributed by atoms with van der Waals surface area (Å²) in [6.45, 7) is 2.44. The molecule has 0 spiro atoms. The fourth-order valence-corrected chi connectivity index (χ4v) is 4.66. The van der Waals surface area contributed by atoms with Gasteiger partial charge in [-0.1, -0.05) is 18.2 Å². The van der Waals surface area contributed by atoms with Gasteiger partial charge in [-0.15, -0.1) is 0 Å². The summed E-state index contributed by atoms with van der Waals surface area (Å²) in [5.74, 6) is 1.71. The lowest BCUT2D eigenvalue weighted by Gasteiger charge is -2.35. The number of rotatable bonds is 6. The first kappa shape index (κ1) is 21.0. The van der Waals surface area contributed by atoms with E-state index in [0.717, 1.165) is 16.9 Å². The first-order chi connectivity index (χ1) is 15.0. The Morgan fingerprint density at radius 2 is 1.74 bits per heavy atom. The number of ketones is 1. The van der Waals surface area contributed by atoms with Gasteiger partial charge >= 0.3 is 0 Å². The fraction of sp³-hybridized carbons (Fsp3) is 0.360. The second-order valence-electron chi connectivity index (χ2n) is 7.80. The molecular formula is C25H27NO5. The minimum Gasteiger partial charge on any atom is -0.497 e. The molecule has 162 valence electrons. The highest BCUT2D eigenvalue weighted by molar-refractivity contribution is 6.02. The fourth-order valence-electron chi connectivity index (χ4n) is 4.66. The summed E-state index contributed by atoms with van der Waals surface area (Å²) in [7, 11) is 3.23. The quantitative estimate of drug-likeness (QED) is 0.760. The number of nitrogens with one attached hydrogen (secondary N) is 1. The molecule has 2 aromatic carbocycles. The Labute approximate surface area is 182 Å². The summed E-state index contributed by atoms with van der Waals surface area (Å²) in [5, 5.41) is 2.97. The van der Waals surface area contributed by atoms with E-state index in [-0.39, 0.29) is 29.9 Å². The molecule has 0 fully saturated rings. The lowest BCUT2D eigenvalue weighted by atomic mass is 9.73. The van der Waals surface area contributed by atoms with Crippen LogP contribution in [0.1, 0.15) is 49.1 Å². The van der Waals surface area contributed by atoms with Crippen LogP contribution in [-0.2, 0) is 9.59 Å². The van der Waals surface area contributed by atoms with Crippen molar-refractivity contribution < 1.29 is 23.8 Å². The average molecular weight is 421 g/mol. The minimum absolute atomic E-state index is 0.0485. The van der Waals surface area contributed by atoms with Gasteiger partial charge in [0.15, 0.2) is 5.78 Å². The smallest absolute Gasteiger partial charge is 0.225 e. The second-order valence-corrected chi connectivity index (χ2v) is 7.80. The van der Waals surface area contributed by atoms with Crippen molar-refractivity contribution in [2.75, 3.05) is 20.8 Å². The highest BCUT2D eigenvalue weighted by Gasteiger charge is 2.39. The molecule has 0 radical (unpaired) electrons. The summed E-state index contributed by atoms with van der Waals surface area (Å²) in [6.07, 6.45) is 1.15. The van der Waals surface area contributed by atoms with Gasteiger partial charge in [0.05, 0.1) is 20.8 Å². The van der Waals surface area contributed by atoms with E-state index in [1.165, 1.54) is 0 Å². The van der Waals surface area contributed by atoms with Crippen LogP contribution in [0.4, 0.5) is 0 Å². The number of amides is 1. The predicted octanol–water partition coefficient (Wildman–Crippen LogP) is 4.11. The van der Waals surface area contributed by atoms with E-state index in [2.05, 4.69) is 5.32 Å². The molecule has 0 bridgehead atoms. The third-order valence-electron chi connectivity index (χ3n) is 6.01. The number of benzene rings is 2. The van der Waals surface area contributed by atoms with Crippen LogP contribution in [0, 0.1) is 0 Å². The van der Waals surface area contributed by atoms with Crippen molar-refractivity contribution in [1.29, 1.82) is 0 Å². The molecule has 1 aliphatic heterocycles. The number of carbonyl (C=O) groups is 2. The van der Waals surface area contributed by atoms with E-state index in [9.17, 15) is 9.59 Å². The first-order valence-electron chi connectivity index (χ1n) is 10.5. The third kappa shape index (κ3) is 4.02. The molecule has 1 heterocycles. The highest BCUT2D eigenvalue weighted by Crippen LogP contribution is 2.46. The van der Waals surface area contributed by atoms with Gasteiger partial charge in [-0.3, -0.25) is 9.59 Å². The van der Waals surface area contributed by atoms with E-state index < -0.39 is 0 Å². The Morgan fingerprint density at radius 1 is 0.935 bits per heavy atom. The number of Topliss-reactive ketones (excluding diaryl/α,β-unsaturated/α-hetero) is 1. The molecule has 0 unspecified atom stereocenters. The Balaban J connectivity index is 1.74. The van der Waals surface area contributed by atoms with Crippen molar-refractivity contribution >= 4 is 11.7 Å². The Morgan fingerprint density at radius 3 is 2.48 bits per heavy atom. The average Bonchev–Trinajstić information content (AvgIpc) is 2.78. The van der Waals surface area contributed by atoms with E-state index in [1.807, 2.05) is 49.4 Å². The maximum absolute atomic E-state index is 13.4. The number of methoxy groups -OCH3 is 2. The van der Waals surface area contributed by atoms with Crippen molar-refractivity contribution in [3.8, 4) is 17.2 Å². The Kier molecular flexibility index (Phi) is 5.98. The van der Waals surface area contributed by atoms with Crippen LogP contribution in [0.15, 0.2) is 53.7 Å². The minimum atomic E-state index is -0.299. The molecule has 0 saturated carbocycles. The number of allylic oxidation sites excluding steroid dienone is 2. The molecule has 31 heavy (non-hydrogen) atoms. The zero-order valence-corrected chi connectivity index (χ0v) is 18.1. The monoisotopic (exact) mass is 421 g/mol. The largest absolute Gasteiger partial charge is 0.497 e. The van der Waals surface area contributed by atoms with Crippen molar-refractivity contribution in [3.05, 3.63) is 64.9 Å². The van der Waals surface area contributed by atoms with E-state index in [4.69, 9.17) is 14.2 Å². The Hall–Kier alpha value is -3.28. The normalized spacial score (nSPS) is 20.7. The third-order valence-corrected chi connectivity index (χ3v) is 6.01. The van der Waals surface area contributed by atoms with Crippen molar-refractivity contribution in [1.82, 2.24) is 5.32 Å². The number of hydrogen-bond donors (Lipinski definition) is 1. The summed E-state index contributed by atoms with van der Waals surface area (Å²) in [6, 6.07) is 13.3. The molecule has 4 rings (SSSR count). The number of carbonyl (C=O) groups excluding carboxylic acids is 2. The van der Waals surface area contributed by atoms with Crippen molar-refractivity contribution in [2.45, 2.75) is 38.0 Å². The van der Waals surface area contributed by atoms with Crippen LogP contribution in [0.5, 0.6) is 17.2 Å². The molecule has 0 saturated heterocycles. The molecule has 0 aromatic heterocycles. The Bertz CT molecular complexity index is 1040. The molecule has 1 amide bonds. The summed E-state index contributed by atoms with van der Waals surface area (Å²) >= 11 is 0. The topological polar surface area (TPSA) is 73.9 Å². The first-order valence-corrected chi connectivity index (χ1v) is 10.5. The molecule has 1 aliphatic carbocycles. The molecular weight excluding hydrogens is 394 g/mol. The molecule has 2 aromatic rings. The zero-order chi connectivity index (χ0) is 22.0. The van der Waals surface area contributed by atoms with Gasteiger partial charge in [-0.25, -0.2) is 0 Å². The van der Waals surface area contributed by atoms with Gasteiger partial charge in [0.1, 0.15) is 17.2 Å². The summed E-state index contributed by atoms with van der Waals surface area (Å²) < 4.78 is 16.7. The van der Waals surface area contributed by atoms with Crippen LogP contribution < -0.4 is 19.5 Å². The van der Waals surface area contributed by atoms with Crippen molar-refractivity contribution in [3.63, 3.8) is 0 Å². The molecule has 6 nitrogen and oxygen atoms in total. The van der Waals surface area contributed by atoms with Crippen LogP contribution in [0.3, 0.4) is 0 Å². The zero-order valence-electron chi connectivity index (χ0n) is 18.1. The maximum atomic E-state index is 13.4. The standard InChI is InChI=1S/C25H27NO5/c1-4-31-23-8-6-5-7-17(23)19-14-24(28)26-20-11-15(12-21(27)25(19)20)18-13-16(29-2)9-10-22(18)30-3/h5-10,13,15,19H,4,11-12,14H2,1-3H3,(H,26,28)/t15-,19+/m0/s1. The van der Waals surface area contributed by atoms with Gasteiger partial charge in [0.25, 0.3) is 0 Å². The maximum Gasteiger partial charge on any atom is 0.225 e. The molecule has 2 aliphatic rings. The second kappa shape index (κ2) is 8.84. The van der Waals surface area contributed by atoms with E-state index >= 15 is 0 Å². The van der Waals surface area contributed by atoms with Crippen LogP contribution >= 0.6 is 0 Å². The number of para-hydroxylation sites is 1. The number of ether oxygens (including phenoxy) is 3. The van der Waals surface area contributed by atoms with Crippen LogP contribution in [-0.4, -0.2) is 32.5 Å². The van der Waals surface area contributed by atoms with Crippen LogP contribution in [0.2, 0.25) is 0 Å². The van der Waals surface area contributed by atoms with Gasteiger partial charge in [-0.05, 0) is 37.6 Å². The van der Waals surface area contributed by atoms with Gasteiger partial charge in [-0.2, -0.15) is 0 Å². The summed E-state index contributed by atoms with van der Waals surface area (Å²) in [5.41, 5.74) is 3.20. The van der Waals surface area contributed by atoms with E-state index in [1.54, 1.807) is 14.2 Å².